The zero-order chi connectivity index (χ0) is 14.5. The van der Waals surface area contributed by atoms with E-state index < -0.39 is 0 Å². The SMILES string of the molecule is Cc1ccc(N(Cc2cnn(C)c2)C(=O)CCS)cc1. The fourth-order valence-electron chi connectivity index (χ4n) is 2.01. The third kappa shape index (κ3) is 3.63. The highest BCUT2D eigenvalue weighted by molar-refractivity contribution is 7.80. The maximum atomic E-state index is 12.3. The first-order valence-corrected chi connectivity index (χ1v) is 7.19. The van der Waals surface area contributed by atoms with Crippen molar-refractivity contribution in [1.82, 2.24) is 9.78 Å². The number of anilines is 1. The maximum Gasteiger partial charge on any atom is 0.228 e. The van der Waals surface area contributed by atoms with Crippen LogP contribution >= 0.6 is 12.6 Å². The Balaban J connectivity index is 2.24. The van der Waals surface area contributed by atoms with Crippen LogP contribution in [-0.4, -0.2) is 21.4 Å². The predicted molar refractivity (Wildman–Crippen MR) is 84.0 cm³/mol. The Labute approximate surface area is 124 Å². The molecule has 2 rings (SSSR count). The van der Waals surface area contributed by atoms with Gasteiger partial charge in [-0.2, -0.15) is 17.7 Å². The van der Waals surface area contributed by atoms with Crippen LogP contribution < -0.4 is 4.90 Å². The molecule has 106 valence electrons. The van der Waals surface area contributed by atoms with Crippen LogP contribution in [0.1, 0.15) is 17.5 Å². The Hall–Kier alpha value is -1.75. The van der Waals surface area contributed by atoms with E-state index in [1.54, 1.807) is 15.8 Å². The van der Waals surface area contributed by atoms with Gasteiger partial charge in [0.25, 0.3) is 0 Å². The van der Waals surface area contributed by atoms with Crippen molar-refractivity contribution < 1.29 is 4.79 Å². The van der Waals surface area contributed by atoms with E-state index in [0.717, 1.165) is 11.3 Å². The summed E-state index contributed by atoms with van der Waals surface area (Å²) in [4.78, 5) is 14.1. The molecular formula is C15H19N3OS. The first-order chi connectivity index (χ1) is 9.60. The molecule has 0 N–H and O–H groups in total. The Kier molecular flexibility index (Phi) is 4.84. The topological polar surface area (TPSA) is 38.1 Å². The average molecular weight is 289 g/mol. The summed E-state index contributed by atoms with van der Waals surface area (Å²) in [7, 11) is 1.87. The molecule has 20 heavy (non-hydrogen) atoms. The predicted octanol–water partition coefficient (Wildman–Crippen LogP) is 2.58. The van der Waals surface area contributed by atoms with Crippen LogP contribution in [0.4, 0.5) is 5.69 Å². The second kappa shape index (κ2) is 6.61. The lowest BCUT2D eigenvalue weighted by molar-refractivity contribution is -0.118. The highest BCUT2D eigenvalue weighted by Crippen LogP contribution is 2.19. The Bertz CT molecular complexity index is 577. The monoisotopic (exact) mass is 289 g/mol. The molecule has 1 heterocycles. The maximum absolute atomic E-state index is 12.3. The molecule has 1 amide bonds. The van der Waals surface area contributed by atoms with Crippen molar-refractivity contribution in [1.29, 1.82) is 0 Å². The number of rotatable bonds is 5. The van der Waals surface area contributed by atoms with Crippen molar-refractivity contribution in [2.75, 3.05) is 10.7 Å². The van der Waals surface area contributed by atoms with Gasteiger partial charge in [0.1, 0.15) is 0 Å². The Morgan fingerprint density at radius 2 is 2.05 bits per heavy atom. The van der Waals surface area contributed by atoms with E-state index in [9.17, 15) is 4.79 Å². The molecule has 0 unspecified atom stereocenters. The molecule has 0 fully saturated rings. The average Bonchev–Trinajstić information content (AvgIpc) is 2.83. The van der Waals surface area contributed by atoms with Gasteiger partial charge in [-0.3, -0.25) is 9.48 Å². The zero-order valence-electron chi connectivity index (χ0n) is 11.8. The fourth-order valence-corrected chi connectivity index (χ4v) is 2.21. The molecular weight excluding hydrogens is 270 g/mol. The lowest BCUT2D eigenvalue weighted by atomic mass is 10.2. The van der Waals surface area contributed by atoms with E-state index in [2.05, 4.69) is 17.7 Å². The van der Waals surface area contributed by atoms with Crippen molar-refractivity contribution in [3.05, 3.63) is 47.8 Å². The van der Waals surface area contributed by atoms with E-state index in [0.29, 0.717) is 18.7 Å². The molecule has 0 bridgehead atoms. The summed E-state index contributed by atoms with van der Waals surface area (Å²) in [6.45, 7) is 2.56. The number of aryl methyl sites for hydroxylation is 2. The molecule has 0 atom stereocenters. The van der Waals surface area contributed by atoms with Gasteiger partial charge >= 0.3 is 0 Å². The summed E-state index contributed by atoms with van der Waals surface area (Å²) in [5.74, 6) is 0.626. The third-order valence-corrected chi connectivity index (χ3v) is 3.30. The summed E-state index contributed by atoms with van der Waals surface area (Å²) in [5, 5.41) is 4.15. The summed E-state index contributed by atoms with van der Waals surface area (Å²) in [6.07, 6.45) is 4.14. The minimum atomic E-state index is 0.0766. The largest absolute Gasteiger partial charge is 0.308 e. The minimum absolute atomic E-state index is 0.0766. The van der Waals surface area contributed by atoms with E-state index in [1.165, 1.54) is 5.56 Å². The molecule has 4 nitrogen and oxygen atoms in total. The second-order valence-electron chi connectivity index (χ2n) is 4.81. The van der Waals surface area contributed by atoms with Crippen molar-refractivity contribution in [3.8, 4) is 0 Å². The molecule has 0 saturated heterocycles. The smallest absolute Gasteiger partial charge is 0.228 e. The highest BCUT2D eigenvalue weighted by Gasteiger charge is 2.16. The lowest BCUT2D eigenvalue weighted by Crippen LogP contribution is -2.30. The number of hydrogen-bond acceptors (Lipinski definition) is 3. The molecule has 2 aromatic rings. The third-order valence-electron chi connectivity index (χ3n) is 3.07. The first kappa shape index (κ1) is 14.7. The van der Waals surface area contributed by atoms with Crippen LogP contribution in [0, 0.1) is 6.92 Å². The summed E-state index contributed by atoms with van der Waals surface area (Å²) in [5.41, 5.74) is 3.10. The van der Waals surface area contributed by atoms with Gasteiger partial charge in [0, 0.05) is 30.9 Å². The Morgan fingerprint density at radius 3 is 2.60 bits per heavy atom. The van der Waals surface area contributed by atoms with Crippen LogP contribution in [-0.2, 0) is 18.4 Å². The summed E-state index contributed by atoms with van der Waals surface area (Å²) >= 11 is 4.15. The fraction of sp³-hybridized carbons (Fsp3) is 0.333. The zero-order valence-corrected chi connectivity index (χ0v) is 12.7. The van der Waals surface area contributed by atoms with Crippen LogP contribution in [0.25, 0.3) is 0 Å². The second-order valence-corrected chi connectivity index (χ2v) is 5.26. The molecule has 0 saturated carbocycles. The van der Waals surface area contributed by atoms with E-state index >= 15 is 0 Å². The van der Waals surface area contributed by atoms with E-state index in [1.807, 2.05) is 44.4 Å². The van der Waals surface area contributed by atoms with Crippen LogP contribution in [0.2, 0.25) is 0 Å². The number of hydrogen-bond donors (Lipinski definition) is 1. The van der Waals surface area contributed by atoms with E-state index in [-0.39, 0.29) is 5.91 Å². The number of aromatic nitrogens is 2. The van der Waals surface area contributed by atoms with Crippen molar-refractivity contribution >= 4 is 24.2 Å². The van der Waals surface area contributed by atoms with Crippen LogP contribution in [0.3, 0.4) is 0 Å². The van der Waals surface area contributed by atoms with Gasteiger partial charge in [-0.1, -0.05) is 17.7 Å². The normalized spacial score (nSPS) is 10.6. The molecule has 0 aliphatic carbocycles. The molecule has 0 radical (unpaired) electrons. The minimum Gasteiger partial charge on any atom is -0.308 e. The molecule has 0 spiro atoms. The number of benzene rings is 1. The molecule has 5 heteroatoms. The Morgan fingerprint density at radius 1 is 1.35 bits per heavy atom. The summed E-state index contributed by atoms with van der Waals surface area (Å²) in [6, 6.07) is 7.98. The molecule has 1 aromatic heterocycles. The molecule has 0 aliphatic heterocycles. The van der Waals surface area contributed by atoms with Crippen LogP contribution in [0.5, 0.6) is 0 Å². The van der Waals surface area contributed by atoms with Crippen molar-refractivity contribution in [2.24, 2.45) is 7.05 Å². The van der Waals surface area contributed by atoms with Gasteiger partial charge in [0.05, 0.1) is 12.7 Å². The highest BCUT2D eigenvalue weighted by atomic mass is 32.1. The van der Waals surface area contributed by atoms with Gasteiger partial charge < -0.3 is 4.90 Å². The summed E-state index contributed by atoms with van der Waals surface area (Å²) < 4.78 is 1.74. The van der Waals surface area contributed by atoms with Crippen molar-refractivity contribution in [2.45, 2.75) is 19.9 Å². The van der Waals surface area contributed by atoms with Gasteiger partial charge in [0.2, 0.25) is 5.91 Å². The van der Waals surface area contributed by atoms with Gasteiger partial charge in [-0.05, 0) is 24.8 Å². The first-order valence-electron chi connectivity index (χ1n) is 6.55. The number of amides is 1. The molecule has 1 aromatic carbocycles. The number of thiol groups is 1. The van der Waals surface area contributed by atoms with Gasteiger partial charge in [-0.25, -0.2) is 0 Å². The van der Waals surface area contributed by atoms with Gasteiger partial charge in [0.15, 0.2) is 0 Å². The quantitative estimate of drug-likeness (QED) is 0.859. The van der Waals surface area contributed by atoms with E-state index in [4.69, 9.17) is 0 Å². The van der Waals surface area contributed by atoms with Crippen LogP contribution in [0.15, 0.2) is 36.7 Å². The number of nitrogens with zero attached hydrogens (tertiary/aromatic N) is 3. The number of carbonyl (C=O) groups is 1. The lowest BCUT2D eigenvalue weighted by Gasteiger charge is -2.22. The number of carbonyl (C=O) groups excluding carboxylic acids is 1. The van der Waals surface area contributed by atoms with Gasteiger partial charge in [-0.15, -0.1) is 0 Å². The molecule has 0 aliphatic rings. The van der Waals surface area contributed by atoms with Crippen molar-refractivity contribution in [3.63, 3.8) is 0 Å². The standard InChI is InChI=1S/C15H19N3OS/c1-12-3-5-14(6-4-12)18(15(19)7-8-20)11-13-9-16-17(2)10-13/h3-6,9-10,20H,7-8,11H2,1-2H3.